The van der Waals surface area contributed by atoms with Crippen LogP contribution in [-0.2, 0) is 9.59 Å². The number of carboxylic acid groups (broad SMARTS) is 2. The second-order valence-corrected chi connectivity index (χ2v) is 7.40. The van der Waals surface area contributed by atoms with E-state index in [1.54, 1.807) is 5.37 Å². The van der Waals surface area contributed by atoms with E-state index >= 15 is 0 Å². The smallest absolute Gasteiger partial charge is 0.303 e. The number of thiol groups is 2. The molecule has 4 nitrogen and oxygen atoms in total. The van der Waals surface area contributed by atoms with Crippen LogP contribution in [0.4, 0.5) is 0 Å². The molecule has 140 valence electrons. The summed E-state index contributed by atoms with van der Waals surface area (Å²) in [6, 6.07) is 0. The van der Waals surface area contributed by atoms with E-state index in [0.29, 0.717) is 18.1 Å². The first-order chi connectivity index (χ1) is 11.3. The van der Waals surface area contributed by atoms with Gasteiger partial charge in [-0.25, -0.2) is 0 Å². The largest absolute Gasteiger partial charge is 0.481 e. The molecule has 1 unspecified atom stereocenters. The van der Waals surface area contributed by atoms with Gasteiger partial charge in [-0.2, -0.15) is 25.3 Å². The van der Waals surface area contributed by atoms with E-state index in [1.807, 2.05) is 0 Å². The Kier molecular flexibility index (Phi) is 20.8. The van der Waals surface area contributed by atoms with Gasteiger partial charge in [0.25, 0.3) is 0 Å². The molecule has 0 aliphatic heterocycles. The Labute approximate surface area is 166 Å². The van der Waals surface area contributed by atoms with Gasteiger partial charge in [-0.05, 0) is 54.5 Å². The maximum absolute atomic E-state index is 10.1. The quantitative estimate of drug-likeness (QED) is 0.189. The maximum Gasteiger partial charge on any atom is 0.303 e. The minimum absolute atomic E-state index is 0.236. The summed E-state index contributed by atoms with van der Waals surface area (Å²) < 4.78 is 0. The van der Waals surface area contributed by atoms with Crippen LogP contribution >= 0.6 is 49.7 Å². The molecule has 0 rings (SSSR count). The van der Waals surface area contributed by atoms with Gasteiger partial charge in [-0.3, -0.25) is 9.59 Å². The fourth-order valence-corrected chi connectivity index (χ4v) is 3.10. The van der Waals surface area contributed by atoms with Crippen molar-refractivity contribution in [3.63, 3.8) is 0 Å². The number of carboxylic acids is 2. The van der Waals surface area contributed by atoms with Gasteiger partial charge in [0.15, 0.2) is 0 Å². The highest BCUT2D eigenvalue weighted by atomic mass is 32.1. The summed E-state index contributed by atoms with van der Waals surface area (Å²) in [6.07, 6.45) is 7.29. The maximum atomic E-state index is 10.1. The van der Waals surface area contributed by atoms with E-state index < -0.39 is 11.9 Å². The van der Waals surface area contributed by atoms with Crippen molar-refractivity contribution in [3.8, 4) is 0 Å². The topological polar surface area (TPSA) is 74.6 Å². The SMILES string of the molecule is O=C(O)CCCCC(=S)CC=S.O=C(O)CCCCC(S)CCS. The lowest BCUT2D eigenvalue weighted by molar-refractivity contribution is -0.138. The van der Waals surface area contributed by atoms with Crippen molar-refractivity contribution in [2.24, 2.45) is 0 Å². The Morgan fingerprint density at radius 3 is 1.92 bits per heavy atom. The zero-order chi connectivity index (χ0) is 18.8. The number of unbranched alkanes of at least 4 members (excludes halogenated alkanes) is 2. The van der Waals surface area contributed by atoms with Crippen LogP contribution in [0.3, 0.4) is 0 Å². The molecule has 0 saturated heterocycles. The third-order valence-corrected chi connectivity index (χ3v) is 4.36. The Morgan fingerprint density at radius 2 is 1.46 bits per heavy atom. The normalized spacial score (nSPS) is 11.1. The highest BCUT2D eigenvalue weighted by Crippen LogP contribution is 2.12. The van der Waals surface area contributed by atoms with E-state index in [-0.39, 0.29) is 12.8 Å². The average molecular weight is 413 g/mol. The van der Waals surface area contributed by atoms with Crippen molar-refractivity contribution in [1.82, 2.24) is 0 Å². The van der Waals surface area contributed by atoms with Gasteiger partial charge >= 0.3 is 11.9 Å². The second-order valence-electron chi connectivity index (χ2n) is 5.32. The van der Waals surface area contributed by atoms with Crippen molar-refractivity contribution in [2.75, 3.05) is 5.75 Å². The summed E-state index contributed by atoms with van der Waals surface area (Å²) in [6.45, 7) is 0. The number of aliphatic carboxylic acids is 2. The van der Waals surface area contributed by atoms with E-state index in [4.69, 9.17) is 22.4 Å². The summed E-state index contributed by atoms with van der Waals surface area (Å²) in [4.78, 5) is 21.2. The highest BCUT2D eigenvalue weighted by Gasteiger charge is 2.02. The number of hydrogen-bond acceptors (Lipinski definition) is 6. The van der Waals surface area contributed by atoms with Crippen molar-refractivity contribution in [1.29, 1.82) is 0 Å². The van der Waals surface area contributed by atoms with Gasteiger partial charge in [0.1, 0.15) is 0 Å². The standard InChI is InChI=1S/C8H16O2S2.C8H12O2S2/c2*9-8(10)4-2-1-3-7(12)5-6-11/h7,11-12H,1-6H2,(H,9,10);6H,1-5H2,(H,9,10). The Balaban J connectivity index is 0. The summed E-state index contributed by atoms with van der Waals surface area (Å²) in [5, 5.41) is 18.7. The Hall–Kier alpha value is -0.180. The molecular formula is C16H28O4S4. The van der Waals surface area contributed by atoms with Crippen LogP contribution in [-0.4, -0.2) is 43.4 Å². The van der Waals surface area contributed by atoms with Crippen LogP contribution in [0.25, 0.3) is 0 Å². The second kappa shape index (κ2) is 19.1. The zero-order valence-corrected chi connectivity index (χ0v) is 17.3. The first-order valence-electron chi connectivity index (χ1n) is 8.01. The Bertz CT molecular complexity index is 375. The predicted octanol–water partition coefficient (Wildman–Crippen LogP) is 4.64. The van der Waals surface area contributed by atoms with Crippen LogP contribution in [0.5, 0.6) is 0 Å². The molecule has 0 heterocycles. The lowest BCUT2D eigenvalue weighted by Gasteiger charge is -2.06. The predicted molar refractivity (Wildman–Crippen MR) is 114 cm³/mol. The van der Waals surface area contributed by atoms with Crippen LogP contribution in [0, 0.1) is 0 Å². The van der Waals surface area contributed by atoms with Crippen molar-refractivity contribution < 1.29 is 19.8 Å². The molecule has 0 saturated carbocycles. The molecule has 24 heavy (non-hydrogen) atoms. The number of rotatable bonds is 14. The Morgan fingerprint density at radius 1 is 0.958 bits per heavy atom. The molecule has 0 aromatic heterocycles. The first-order valence-corrected chi connectivity index (χ1v) is 10.0. The summed E-state index contributed by atoms with van der Waals surface area (Å²) in [5.41, 5.74) is 0. The van der Waals surface area contributed by atoms with Gasteiger partial charge < -0.3 is 10.2 Å². The van der Waals surface area contributed by atoms with E-state index in [1.165, 1.54) is 0 Å². The molecule has 0 spiro atoms. The highest BCUT2D eigenvalue weighted by molar-refractivity contribution is 7.81. The van der Waals surface area contributed by atoms with Gasteiger partial charge in [-0.1, -0.05) is 30.9 Å². The lowest BCUT2D eigenvalue weighted by atomic mass is 10.1. The van der Waals surface area contributed by atoms with E-state index in [9.17, 15) is 9.59 Å². The molecule has 0 aromatic carbocycles. The van der Waals surface area contributed by atoms with Gasteiger partial charge in [0.2, 0.25) is 0 Å². The third kappa shape index (κ3) is 24.1. The van der Waals surface area contributed by atoms with Crippen LogP contribution in [0.15, 0.2) is 0 Å². The first kappa shape index (κ1) is 26.1. The third-order valence-electron chi connectivity index (χ3n) is 3.05. The van der Waals surface area contributed by atoms with E-state index in [0.717, 1.165) is 49.1 Å². The van der Waals surface area contributed by atoms with Crippen LogP contribution in [0.2, 0.25) is 0 Å². The van der Waals surface area contributed by atoms with Crippen LogP contribution in [0.1, 0.15) is 64.2 Å². The number of thiocarbonyl (C=S) groups is 2. The molecule has 1 atom stereocenters. The lowest BCUT2D eigenvalue weighted by Crippen LogP contribution is -2.00. The number of hydrogen-bond donors (Lipinski definition) is 4. The molecule has 0 aliphatic rings. The zero-order valence-electron chi connectivity index (χ0n) is 13.9. The summed E-state index contributed by atoms with van der Waals surface area (Å²) in [7, 11) is 0. The van der Waals surface area contributed by atoms with Gasteiger partial charge in [-0.15, -0.1) is 0 Å². The fraction of sp³-hybridized carbons (Fsp3) is 0.750. The molecule has 2 N–H and O–H groups in total. The van der Waals surface area contributed by atoms with Gasteiger partial charge in [0, 0.05) is 24.5 Å². The monoisotopic (exact) mass is 412 g/mol. The van der Waals surface area contributed by atoms with Crippen molar-refractivity contribution in [3.05, 3.63) is 0 Å². The molecule has 0 aliphatic carbocycles. The molecule has 8 heteroatoms. The molecule has 0 bridgehead atoms. The van der Waals surface area contributed by atoms with Crippen molar-refractivity contribution in [2.45, 2.75) is 69.5 Å². The van der Waals surface area contributed by atoms with E-state index in [2.05, 4.69) is 37.5 Å². The molecule has 0 aromatic rings. The summed E-state index contributed by atoms with van der Waals surface area (Å²) in [5.74, 6) is -0.594. The average Bonchev–Trinajstić information content (AvgIpc) is 2.49. The molecule has 0 amide bonds. The fourth-order valence-electron chi connectivity index (χ4n) is 1.74. The van der Waals surface area contributed by atoms with Crippen LogP contribution < -0.4 is 0 Å². The summed E-state index contributed by atoms with van der Waals surface area (Å²) >= 11 is 18.1. The molecule has 0 fully saturated rings. The number of carbonyl (C=O) groups is 2. The minimum atomic E-state index is -0.740. The minimum Gasteiger partial charge on any atom is -0.481 e. The molecular weight excluding hydrogens is 384 g/mol. The molecule has 0 radical (unpaired) electrons. The van der Waals surface area contributed by atoms with Gasteiger partial charge in [0.05, 0.1) is 0 Å². The van der Waals surface area contributed by atoms with Crippen molar-refractivity contribution >= 4 is 71.9 Å².